The van der Waals surface area contributed by atoms with Gasteiger partial charge in [0.2, 0.25) is 15.9 Å². The van der Waals surface area contributed by atoms with Crippen LogP contribution in [0.2, 0.25) is 5.02 Å². The molecule has 23 heteroatoms. The van der Waals surface area contributed by atoms with Gasteiger partial charge in [-0.25, -0.2) is 44.1 Å². The van der Waals surface area contributed by atoms with E-state index in [4.69, 9.17) is 16.6 Å². The van der Waals surface area contributed by atoms with Crippen LogP contribution in [0.25, 0.3) is 38.6 Å². The van der Waals surface area contributed by atoms with Gasteiger partial charge in [-0.15, -0.1) is 0 Å². The first-order valence-corrected chi connectivity index (χ1v) is 21.7. The van der Waals surface area contributed by atoms with Crippen LogP contribution in [0.3, 0.4) is 0 Å². The number of carbonyl (C=O) groups is 1. The lowest BCUT2D eigenvalue weighted by Crippen LogP contribution is -2.38. The number of hydrogen-bond donors (Lipinski definition) is 2. The number of carbonyl (C=O) groups excluding carboxylic acids is 1. The molecule has 3 heterocycles. The zero-order valence-corrected chi connectivity index (χ0v) is 34.7. The normalized spacial score (nSPS) is 16.9. The van der Waals surface area contributed by atoms with Crippen LogP contribution >= 0.6 is 11.6 Å². The van der Waals surface area contributed by atoms with Gasteiger partial charge < -0.3 is 5.32 Å². The number of halogens is 10. The highest BCUT2D eigenvalue weighted by atomic mass is 35.5. The second kappa shape index (κ2) is 15.9. The van der Waals surface area contributed by atoms with E-state index in [-0.39, 0.29) is 61.2 Å². The molecule has 2 aliphatic carbocycles. The summed E-state index contributed by atoms with van der Waals surface area (Å²) in [5.74, 6) is -10.8. The van der Waals surface area contributed by atoms with E-state index in [1.54, 1.807) is 6.07 Å². The van der Waals surface area contributed by atoms with E-state index < -0.39 is 118 Å². The Morgan fingerprint density at radius 2 is 1.68 bits per heavy atom. The minimum atomic E-state index is -4.15. The number of rotatable bonds is 13. The van der Waals surface area contributed by atoms with Crippen LogP contribution in [0.4, 0.5) is 45.3 Å². The Kier molecular flexibility index (Phi) is 10.7. The molecule has 2 unspecified atom stereocenters. The van der Waals surface area contributed by atoms with Crippen molar-refractivity contribution >= 4 is 55.2 Å². The van der Waals surface area contributed by atoms with Crippen molar-refractivity contribution in [3.05, 3.63) is 134 Å². The number of sulfonamides is 1. The monoisotopic (exact) mass is 948 g/mol. The lowest BCUT2D eigenvalue weighted by atomic mass is 10.0. The lowest BCUT2D eigenvalue weighted by Gasteiger charge is -2.24. The van der Waals surface area contributed by atoms with Gasteiger partial charge in [0, 0.05) is 29.5 Å². The SMILES string of the molecule is CS(=O)(=O)Nc1nn(CC(F)F)c2c(-n3c([C@H](Cc4cc(F)cc(F)c4)NC(=O)Cn4nc(C(F)F)c5c4C(F)(F)C4CC54)nc4cc(-c5ccccc5F)ccc4c3=O)ccc(Cl)c12. The largest absolute Gasteiger partial charge is 0.344 e. The van der Waals surface area contributed by atoms with Crippen molar-refractivity contribution in [3.8, 4) is 16.8 Å². The van der Waals surface area contributed by atoms with E-state index in [0.29, 0.717) is 15.4 Å². The van der Waals surface area contributed by atoms with E-state index in [2.05, 4.69) is 20.2 Å². The highest BCUT2D eigenvalue weighted by molar-refractivity contribution is 7.92. The van der Waals surface area contributed by atoms with E-state index >= 15 is 18.0 Å². The molecule has 1 saturated carbocycles. The molecule has 7 aromatic rings. The van der Waals surface area contributed by atoms with Crippen LogP contribution in [0.15, 0.2) is 77.6 Å². The molecule has 0 aliphatic heterocycles. The predicted octanol–water partition coefficient (Wildman–Crippen LogP) is 8.55. The van der Waals surface area contributed by atoms with Crippen LogP contribution in [0.1, 0.15) is 53.1 Å². The Balaban J connectivity index is 1.29. The number of benzene rings is 4. The Hall–Kier alpha value is -6.42. The molecule has 3 atom stereocenters. The molecule has 0 saturated heterocycles. The molecule has 1 amide bonds. The highest BCUT2D eigenvalue weighted by Crippen LogP contribution is 2.68. The molecular weight excluding hydrogens is 919 g/mol. The van der Waals surface area contributed by atoms with Gasteiger partial charge in [0.25, 0.3) is 24.3 Å². The summed E-state index contributed by atoms with van der Waals surface area (Å²) >= 11 is 6.56. The third kappa shape index (κ3) is 7.95. The standard InChI is InChI=1S/C42H30ClF9N8O4S/c1-65(63,64)57-39-34-26(43)8-9-30(36(34)58(56-39)16-31(47)48)60-40(54-28-13-19(6-7-23(28)41(60)62)22-4-2-3-5-27(22)46)29(12-18-10-20(44)14-21(45)11-18)53-32(61)17-59-37-33(35(55-59)38(49)50)24-15-25(24)42(37,51)52/h2-11,13-14,24-25,29,31,38H,12,15-17H2,1H3,(H,53,61)(H,56,57)/t24?,25?,29-/m0/s1. The zero-order valence-electron chi connectivity index (χ0n) is 33.1. The Bertz CT molecular complexity index is 3270. The number of fused-ring (bicyclic) bond motifs is 5. The fourth-order valence-corrected chi connectivity index (χ4v) is 9.35. The van der Waals surface area contributed by atoms with Crippen molar-refractivity contribution in [2.75, 3.05) is 11.0 Å². The van der Waals surface area contributed by atoms with Gasteiger partial charge in [0.05, 0.1) is 44.8 Å². The number of amides is 1. The maximum atomic E-state index is 15.5. The van der Waals surface area contributed by atoms with Gasteiger partial charge in [-0.3, -0.25) is 28.2 Å². The number of anilines is 1. The fraction of sp³-hybridized carbons (Fsp3) is 0.262. The van der Waals surface area contributed by atoms with Crippen molar-refractivity contribution in [1.29, 1.82) is 0 Å². The molecule has 3 aromatic heterocycles. The number of alkyl halides is 6. The molecule has 1 fully saturated rings. The average Bonchev–Trinajstić information content (AvgIpc) is 3.74. The van der Waals surface area contributed by atoms with Crippen molar-refractivity contribution < 1.29 is 52.7 Å². The summed E-state index contributed by atoms with van der Waals surface area (Å²) in [6.45, 7) is -2.28. The summed E-state index contributed by atoms with van der Waals surface area (Å²) in [5.41, 5.74) is -3.85. The average molecular weight is 949 g/mol. The molecule has 0 spiro atoms. The molecule has 2 aliphatic rings. The molecule has 0 bridgehead atoms. The highest BCUT2D eigenvalue weighted by Gasteiger charge is 2.67. The fourth-order valence-electron chi connectivity index (χ4n) is 8.61. The summed E-state index contributed by atoms with van der Waals surface area (Å²) in [7, 11) is -4.15. The van der Waals surface area contributed by atoms with Crippen LogP contribution in [-0.4, -0.2) is 56.1 Å². The molecule has 0 radical (unpaired) electrons. The van der Waals surface area contributed by atoms with Crippen LogP contribution in [0.5, 0.6) is 0 Å². The maximum Gasteiger partial charge on any atom is 0.293 e. The molecule has 4 aromatic carbocycles. The van der Waals surface area contributed by atoms with Crippen LogP contribution < -0.4 is 15.6 Å². The van der Waals surface area contributed by atoms with Crippen molar-refractivity contribution in [1.82, 2.24) is 34.4 Å². The van der Waals surface area contributed by atoms with Crippen LogP contribution in [-0.2, 0) is 40.3 Å². The van der Waals surface area contributed by atoms with E-state index in [1.807, 2.05) is 0 Å². The van der Waals surface area contributed by atoms with Gasteiger partial charge in [-0.1, -0.05) is 35.9 Å². The second-order valence-corrected chi connectivity index (χ2v) is 17.8. The van der Waals surface area contributed by atoms with Crippen molar-refractivity contribution in [2.45, 2.75) is 56.7 Å². The molecule has 9 rings (SSSR count). The first-order valence-electron chi connectivity index (χ1n) is 19.5. The number of nitrogens with zero attached hydrogens (tertiary/aromatic N) is 6. The first-order chi connectivity index (χ1) is 30.7. The first kappa shape index (κ1) is 43.8. The maximum absolute atomic E-state index is 15.5. The summed E-state index contributed by atoms with van der Waals surface area (Å²) in [6, 6.07) is 12.5. The van der Waals surface area contributed by atoms with E-state index in [9.17, 15) is 39.6 Å². The predicted molar refractivity (Wildman–Crippen MR) is 218 cm³/mol. The number of hydrogen-bond acceptors (Lipinski definition) is 7. The summed E-state index contributed by atoms with van der Waals surface area (Å²) in [4.78, 5) is 33.9. The van der Waals surface area contributed by atoms with Gasteiger partial charge >= 0.3 is 0 Å². The topological polar surface area (TPSA) is 146 Å². The minimum absolute atomic E-state index is 0.0618. The van der Waals surface area contributed by atoms with Gasteiger partial charge in [-0.05, 0) is 65.9 Å². The Morgan fingerprint density at radius 1 is 0.954 bits per heavy atom. The smallest absolute Gasteiger partial charge is 0.293 e. The molecular formula is C42H30ClF9N8O4S. The molecule has 65 heavy (non-hydrogen) atoms. The quantitative estimate of drug-likeness (QED) is 0.110. The van der Waals surface area contributed by atoms with E-state index in [0.717, 1.165) is 23.0 Å². The molecule has 338 valence electrons. The van der Waals surface area contributed by atoms with Crippen LogP contribution in [0, 0.1) is 23.4 Å². The molecule has 2 N–H and O–H groups in total. The Morgan fingerprint density at radius 3 is 2.35 bits per heavy atom. The van der Waals surface area contributed by atoms with Crippen molar-refractivity contribution in [3.63, 3.8) is 0 Å². The summed E-state index contributed by atoms with van der Waals surface area (Å²) in [6.07, 6.45) is -6.33. The number of aromatic nitrogens is 6. The van der Waals surface area contributed by atoms with Gasteiger partial charge in [0.1, 0.15) is 47.8 Å². The summed E-state index contributed by atoms with van der Waals surface area (Å²) in [5, 5.41) is 9.59. The Labute approximate surface area is 365 Å². The van der Waals surface area contributed by atoms with Crippen molar-refractivity contribution in [2.24, 2.45) is 5.92 Å². The zero-order chi connectivity index (χ0) is 46.4. The second-order valence-electron chi connectivity index (χ2n) is 15.7. The lowest BCUT2D eigenvalue weighted by molar-refractivity contribution is -0.123. The number of nitrogens with one attached hydrogen (secondary N) is 2. The third-order valence-electron chi connectivity index (χ3n) is 11.2. The molecule has 12 nitrogen and oxygen atoms in total. The summed E-state index contributed by atoms with van der Waals surface area (Å²) < 4.78 is 161. The third-order valence-corrected chi connectivity index (χ3v) is 12.1. The van der Waals surface area contributed by atoms with E-state index in [1.165, 1.54) is 48.5 Å². The minimum Gasteiger partial charge on any atom is -0.344 e. The van der Waals surface area contributed by atoms with Gasteiger partial charge in [-0.2, -0.15) is 19.0 Å². The van der Waals surface area contributed by atoms with Gasteiger partial charge in [0.15, 0.2) is 5.82 Å².